The summed E-state index contributed by atoms with van der Waals surface area (Å²) in [5, 5.41) is 3.32. The molecule has 1 heterocycles. The number of benzene rings is 1. The average molecular weight is 285 g/mol. The molecule has 1 aromatic heterocycles. The largest absolute Gasteiger partial charge is 0.369 e. The molecular formula is C16H23N5. The number of nitrogens with zero attached hydrogens (tertiary/aromatic N) is 4. The van der Waals surface area contributed by atoms with E-state index in [0.29, 0.717) is 0 Å². The van der Waals surface area contributed by atoms with Gasteiger partial charge >= 0.3 is 0 Å². The zero-order chi connectivity index (χ0) is 15.1. The van der Waals surface area contributed by atoms with Gasteiger partial charge in [0.05, 0.1) is 0 Å². The van der Waals surface area contributed by atoms with Crippen LogP contribution in [0.5, 0.6) is 0 Å². The number of hydrogen-bond acceptors (Lipinski definition) is 5. The van der Waals surface area contributed by atoms with Crippen LogP contribution < -0.4 is 10.2 Å². The van der Waals surface area contributed by atoms with Crippen molar-refractivity contribution in [3.05, 3.63) is 48.2 Å². The van der Waals surface area contributed by atoms with E-state index in [0.717, 1.165) is 31.4 Å². The highest BCUT2D eigenvalue weighted by atomic mass is 15.2. The fraction of sp³-hybridized carbons (Fsp3) is 0.375. The first-order chi connectivity index (χ1) is 10.1. The molecule has 112 valence electrons. The molecule has 5 heteroatoms. The van der Waals surface area contributed by atoms with Crippen LogP contribution in [0.2, 0.25) is 0 Å². The summed E-state index contributed by atoms with van der Waals surface area (Å²) >= 11 is 0. The maximum Gasteiger partial charge on any atom is 0.227 e. The second kappa shape index (κ2) is 7.59. The Morgan fingerprint density at radius 3 is 2.52 bits per heavy atom. The van der Waals surface area contributed by atoms with Gasteiger partial charge < -0.3 is 15.1 Å². The minimum atomic E-state index is 0.730. The molecule has 0 spiro atoms. The first-order valence-electron chi connectivity index (χ1n) is 7.12. The molecule has 0 aliphatic carbocycles. The topological polar surface area (TPSA) is 44.3 Å². The normalized spacial score (nSPS) is 10.7. The lowest BCUT2D eigenvalue weighted by Gasteiger charge is -2.18. The molecule has 0 atom stereocenters. The van der Waals surface area contributed by atoms with Gasteiger partial charge in [-0.2, -0.15) is 4.98 Å². The molecular weight excluding hydrogens is 262 g/mol. The monoisotopic (exact) mass is 285 g/mol. The van der Waals surface area contributed by atoms with Crippen molar-refractivity contribution in [3.8, 4) is 0 Å². The summed E-state index contributed by atoms with van der Waals surface area (Å²) in [6, 6.07) is 12.2. The van der Waals surface area contributed by atoms with Crippen molar-refractivity contribution >= 4 is 11.8 Å². The van der Waals surface area contributed by atoms with Crippen LogP contribution in [-0.2, 0) is 6.54 Å². The first kappa shape index (κ1) is 15.3. The van der Waals surface area contributed by atoms with Crippen molar-refractivity contribution in [2.75, 3.05) is 44.4 Å². The lowest BCUT2D eigenvalue weighted by molar-refractivity contribution is 0.425. The predicted octanol–water partition coefficient (Wildman–Crippen LogP) is 2.09. The van der Waals surface area contributed by atoms with Gasteiger partial charge in [-0.25, -0.2) is 4.98 Å². The molecule has 0 bridgehead atoms. The van der Waals surface area contributed by atoms with Crippen molar-refractivity contribution in [1.29, 1.82) is 0 Å². The Hall–Kier alpha value is -2.14. The average Bonchev–Trinajstić information content (AvgIpc) is 2.48. The van der Waals surface area contributed by atoms with Gasteiger partial charge in [0.2, 0.25) is 5.95 Å². The summed E-state index contributed by atoms with van der Waals surface area (Å²) < 4.78 is 0. The van der Waals surface area contributed by atoms with Crippen LogP contribution in [0, 0.1) is 0 Å². The molecule has 2 rings (SSSR count). The quantitative estimate of drug-likeness (QED) is 0.844. The van der Waals surface area contributed by atoms with Gasteiger partial charge in [-0.15, -0.1) is 0 Å². The highest BCUT2D eigenvalue weighted by Gasteiger charge is 2.06. The molecule has 0 radical (unpaired) electrons. The smallest absolute Gasteiger partial charge is 0.227 e. The van der Waals surface area contributed by atoms with Gasteiger partial charge in [-0.3, -0.25) is 0 Å². The lowest BCUT2D eigenvalue weighted by atomic mass is 10.2. The van der Waals surface area contributed by atoms with Gasteiger partial charge in [-0.05, 0) is 25.7 Å². The van der Waals surface area contributed by atoms with E-state index in [-0.39, 0.29) is 0 Å². The zero-order valence-corrected chi connectivity index (χ0v) is 13.0. The summed E-state index contributed by atoms with van der Waals surface area (Å²) in [7, 11) is 6.12. The maximum absolute atomic E-state index is 4.55. The summed E-state index contributed by atoms with van der Waals surface area (Å²) in [6.07, 6.45) is 1.79. The van der Waals surface area contributed by atoms with Crippen LogP contribution in [-0.4, -0.2) is 49.1 Å². The Balaban J connectivity index is 1.96. The third-order valence-corrected chi connectivity index (χ3v) is 3.11. The van der Waals surface area contributed by atoms with Crippen molar-refractivity contribution in [3.63, 3.8) is 0 Å². The highest BCUT2D eigenvalue weighted by molar-refractivity contribution is 5.41. The second-order valence-electron chi connectivity index (χ2n) is 5.31. The van der Waals surface area contributed by atoms with E-state index in [1.54, 1.807) is 6.20 Å². The molecule has 5 nitrogen and oxygen atoms in total. The van der Waals surface area contributed by atoms with Crippen LogP contribution in [0.1, 0.15) is 5.56 Å². The third kappa shape index (κ3) is 5.04. The highest BCUT2D eigenvalue weighted by Crippen LogP contribution is 2.12. The van der Waals surface area contributed by atoms with Crippen molar-refractivity contribution < 1.29 is 0 Å². The molecule has 0 unspecified atom stereocenters. The van der Waals surface area contributed by atoms with Gasteiger partial charge in [-0.1, -0.05) is 30.3 Å². The molecule has 1 N–H and O–H groups in total. The zero-order valence-electron chi connectivity index (χ0n) is 13.0. The minimum Gasteiger partial charge on any atom is -0.369 e. The molecule has 0 aliphatic heterocycles. The molecule has 1 aromatic carbocycles. The lowest BCUT2D eigenvalue weighted by Crippen LogP contribution is -2.22. The molecule has 0 aliphatic rings. The fourth-order valence-corrected chi connectivity index (χ4v) is 1.97. The van der Waals surface area contributed by atoms with Gasteiger partial charge in [0.25, 0.3) is 0 Å². The Bertz CT molecular complexity index is 541. The van der Waals surface area contributed by atoms with E-state index >= 15 is 0 Å². The van der Waals surface area contributed by atoms with Crippen LogP contribution >= 0.6 is 0 Å². The Labute approximate surface area is 126 Å². The van der Waals surface area contributed by atoms with Crippen LogP contribution in [0.15, 0.2) is 42.6 Å². The number of anilines is 2. The first-order valence-corrected chi connectivity index (χ1v) is 7.12. The summed E-state index contributed by atoms with van der Waals surface area (Å²) in [5.41, 5.74) is 1.24. The molecule has 21 heavy (non-hydrogen) atoms. The van der Waals surface area contributed by atoms with Crippen molar-refractivity contribution in [2.45, 2.75) is 6.54 Å². The Morgan fingerprint density at radius 1 is 1.05 bits per heavy atom. The molecule has 0 saturated carbocycles. The maximum atomic E-state index is 4.55. The molecule has 2 aromatic rings. The molecule has 0 saturated heterocycles. The third-order valence-electron chi connectivity index (χ3n) is 3.11. The SMILES string of the molecule is CN(C)CCNc1ccnc(N(C)Cc2ccccc2)n1. The Kier molecular flexibility index (Phi) is 5.51. The van der Waals surface area contributed by atoms with E-state index in [2.05, 4.69) is 46.4 Å². The van der Waals surface area contributed by atoms with Gasteiger partial charge in [0, 0.05) is 32.9 Å². The minimum absolute atomic E-state index is 0.730. The van der Waals surface area contributed by atoms with Crippen LogP contribution in [0.25, 0.3) is 0 Å². The van der Waals surface area contributed by atoms with Gasteiger partial charge in [0.15, 0.2) is 0 Å². The van der Waals surface area contributed by atoms with E-state index in [4.69, 9.17) is 0 Å². The van der Waals surface area contributed by atoms with E-state index in [1.165, 1.54) is 5.56 Å². The fourth-order valence-electron chi connectivity index (χ4n) is 1.97. The summed E-state index contributed by atoms with van der Waals surface area (Å²) in [4.78, 5) is 13.1. The predicted molar refractivity (Wildman–Crippen MR) is 87.6 cm³/mol. The Morgan fingerprint density at radius 2 is 1.81 bits per heavy atom. The van der Waals surface area contributed by atoms with Crippen molar-refractivity contribution in [2.24, 2.45) is 0 Å². The number of likely N-dealkylation sites (N-methyl/N-ethyl adjacent to an activating group) is 1. The van der Waals surface area contributed by atoms with E-state index < -0.39 is 0 Å². The summed E-state index contributed by atoms with van der Waals surface area (Å²) in [5.74, 6) is 1.59. The van der Waals surface area contributed by atoms with Gasteiger partial charge in [0.1, 0.15) is 5.82 Å². The van der Waals surface area contributed by atoms with Crippen molar-refractivity contribution in [1.82, 2.24) is 14.9 Å². The number of rotatable bonds is 7. The standard InChI is InChI=1S/C16H23N5/c1-20(2)12-11-17-15-9-10-18-16(19-15)21(3)13-14-7-5-4-6-8-14/h4-10H,11-13H2,1-3H3,(H,17,18,19). The number of aromatic nitrogens is 2. The molecule has 0 amide bonds. The van der Waals surface area contributed by atoms with Crippen LogP contribution in [0.3, 0.4) is 0 Å². The molecule has 0 fully saturated rings. The van der Waals surface area contributed by atoms with E-state index in [9.17, 15) is 0 Å². The summed E-state index contributed by atoms with van der Waals surface area (Å²) in [6.45, 7) is 2.63. The second-order valence-corrected chi connectivity index (χ2v) is 5.31. The number of nitrogens with one attached hydrogen (secondary N) is 1. The number of hydrogen-bond donors (Lipinski definition) is 1. The van der Waals surface area contributed by atoms with E-state index in [1.807, 2.05) is 36.2 Å². The van der Waals surface area contributed by atoms with Crippen LogP contribution in [0.4, 0.5) is 11.8 Å².